The van der Waals surface area contributed by atoms with Crippen molar-refractivity contribution in [1.29, 1.82) is 0 Å². The first-order valence-electron chi connectivity index (χ1n) is 31.6. The summed E-state index contributed by atoms with van der Waals surface area (Å²) >= 11 is 0. The van der Waals surface area contributed by atoms with E-state index < -0.39 is 6.10 Å². The van der Waals surface area contributed by atoms with Crippen LogP contribution in [0.5, 0.6) is 0 Å². The first-order chi connectivity index (χ1) is 36.5. The quantitative estimate of drug-likeness (QED) is 0.0261. The Kier molecular flexibility index (Phi) is 59.3. The average molecular weight is 1030 g/mol. The molecule has 0 aliphatic carbocycles. The minimum absolute atomic E-state index is 0.0807. The molecule has 0 aliphatic heterocycles. The maximum atomic E-state index is 12.9. The average Bonchev–Trinajstić information content (AvgIpc) is 3.40. The molecule has 0 N–H and O–H groups in total. The van der Waals surface area contributed by atoms with E-state index in [1.165, 1.54) is 161 Å². The number of allylic oxidation sites excluding steroid dienone is 14. The Bertz CT molecular complexity index is 1420. The lowest BCUT2D eigenvalue weighted by molar-refractivity contribution is -0.167. The summed E-state index contributed by atoms with van der Waals surface area (Å²) in [6.07, 6.45) is 81.5. The summed E-state index contributed by atoms with van der Waals surface area (Å²) in [4.78, 5) is 38.3. The predicted molar refractivity (Wildman–Crippen MR) is 321 cm³/mol. The molecule has 0 heterocycles. The van der Waals surface area contributed by atoms with E-state index in [1.807, 2.05) is 0 Å². The van der Waals surface area contributed by atoms with Gasteiger partial charge in [0, 0.05) is 19.3 Å². The normalized spacial score (nSPS) is 12.6. The Morgan fingerprint density at radius 1 is 0.284 bits per heavy atom. The molecule has 6 heteroatoms. The van der Waals surface area contributed by atoms with Gasteiger partial charge in [0.2, 0.25) is 0 Å². The van der Waals surface area contributed by atoms with Gasteiger partial charge in [-0.05, 0) is 89.9 Å². The summed E-state index contributed by atoms with van der Waals surface area (Å²) in [5.41, 5.74) is 0. The van der Waals surface area contributed by atoms with E-state index in [-0.39, 0.29) is 31.1 Å². The summed E-state index contributed by atoms with van der Waals surface area (Å²) in [6.45, 7) is 6.44. The van der Waals surface area contributed by atoms with Crippen LogP contribution in [0.1, 0.15) is 310 Å². The molecular formula is C68H118O6. The van der Waals surface area contributed by atoms with Crippen LogP contribution in [0.25, 0.3) is 0 Å². The highest BCUT2D eigenvalue weighted by Gasteiger charge is 2.19. The Hall–Kier alpha value is -3.41. The first-order valence-corrected chi connectivity index (χ1v) is 31.6. The lowest BCUT2D eigenvalue weighted by Gasteiger charge is -2.18. The van der Waals surface area contributed by atoms with Crippen LogP contribution in [-0.2, 0) is 28.6 Å². The van der Waals surface area contributed by atoms with Gasteiger partial charge in [-0.15, -0.1) is 0 Å². The number of unbranched alkanes of at least 4 members (excludes halogenated alkanes) is 32. The van der Waals surface area contributed by atoms with Crippen LogP contribution in [0.3, 0.4) is 0 Å². The number of hydrogen-bond donors (Lipinski definition) is 0. The number of ether oxygens (including phenoxy) is 3. The fourth-order valence-electron chi connectivity index (χ4n) is 8.98. The zero-order valence-electron chi connectivity index (χ0n) is 48.8. The number of esters is 3. The minimum atomic E-state index is -0.786. The predicted octanol–water partition coefficient (Wildman–Crippen LogP) is 21.5. The molecule has 0 aliphatic rings. The molecule has 6 nitrogen and oxygen atoms in total. The van der Waals surface area contributed by atoms with Crippen molar-refractivity contribution in [3.05, 3.63) is 85.1 Å². The molecule has 0 rings (SSSR count). The lowest BCUT2D eigenvalue weighted by atomic mass is 10.0. The molecule has 0 bridgehead atoms. The Morgan fingerprint density at radius 3 is 0.824 bits per heavy atom. The van der Waals surface area contributed by atoms with Crippen LogP contribution in [0.2, 0.25) is 0 Å². The van der Waals surface area contributed by atoms with Crippen LogP contribution in [0.15, 0.2) is 85.1 Å². The monoisotopic (exact) mass is 1030 g/mol. The molecular weight excluding hydrogens is 913 g/mol. The van der Waals surface area contributed by atoms with Crippen molar-refractivity contribution in [1.82, 2.24) is 0 Å². The molecule has 426 valence electrons. The van der Waals surface area contributed by atoms with Crippen LogP contribution in [0, 0.1) is 0 Å². The zero-order valence-corrected chi connectivity index (χ0v) is 48.8. The summed E-state index contributed by atoms with van der Waals surface area (Å²) < 4.78 is 16.9. The van der Waals surface area contributed by atoms with Crippen LogP contribution >= 0.6 is 0 Å². The molecule has 0 fully saturated rings. The molecule has 1 unspecified atom stereocenters. The van der Waals surface area contributed by atoms with Gasteiger partial charge < -0.3 is 14.2 Å². The third-order valence-corrected chi connectivity index (χ3v) is 13.6. The summed E-state index contributed by atoms with van der Waals surface area (Å²) in [6, 6.07) is 0. The zero-order chi connectivity index (χ0) is 53.6. The molecule has 0 aromatic carbocycles. The van der Waals surface area contributed by atoms with Crippen molar-refractivity contribution in [2.24, 2.45) is 0 Å². The van der Waals surface area contributed by atoms with Gasteiger partial charge in [-0.2, -0.15) is 0 Å². The van der Waals surface area contributed by atoms with E-state index in [0.29, 0.717) is 19.3 Å². The van der Waals surface area contributed by atoms with Crippen LogP contribution in [-0.4, -0.2) is 37.2 Å². The van der Waals surface area contributed by atoms with Crippen molar-refractivity contribution in [2.75, 3.05) is 13.2 Å². The molecule has 0 aromatic rings. The summed E-state index contributed by atoms with van der Waals surface area (Å²) in [5.74, 6) is -0.886. The maximum absolute atomic E-state index is 12.9. The summed E-state index contributed by atoms with van der Waals surface area (Å²) in [5, 5.41) is 0. The van der Waals surface area contributed by atoms with Crippen molar-refractivity contribution < 1.29 is 28.6 Å². The van der Waals surface area contributed by atoms with Crippen molar-refractivity contribution >= 4 is 17.9 Å². The maximum Gasteiger partial charge on any atom is 0.306 e. The molecule has 0 amide bonds. The van der Waals surface area contributed by atoms with E-state index in [2.05, 4.69) is 106 Å². The highest BCUT2D eigenvalue weighted by Crippen LogP contribution is 2.17. The van der Waals surface area contributed by atoms with E-state index >= 15 is 0 Å². The van der Waals surface area contributed by atoms with E-state index in [0.717, 1.165) is 109 Å². The SMILES string of the molecule is CC/C=C\C/C=C\C/C=C\C/C=C\CCCCCCCCC(=O)OCC(COC(=O)CCCCCCCCCCCCCCCCCCCC)OC(=O)CCCCCCCCCCC/C=C\C/C=C\C/C=C\CC. The topological polar surface area (TPSA) is 78.9 Å². The van der Waals surface area contributed by atoms with Gasteiger partial charge in [0.1, 0.15) is 13.2 Å². The molecule has 74 heavy (non-hydrogen) atoms. The van der Waals surface area contributed by atoms with E-state index in [9.17, 15) is 14.4 Å². The second-order valence-corrected chi connectivity index (χ2v) is 20.9. The summed E-state index contributed by atoms with van der Waals surface area (Å²) in [7, 11) is 0. The van der Waals surface area contributed by atoms with Gasteiger partial charge in [0.05, 0.1) is 0 Å². The second-order valence-electron chi connectivity index (χ2n) is 20.9. The van der Waals surface area contributed by atoms with Gasteiger partial charge in [-0.1, -0.05) is 286 Å². The van der Waals surface area contributed by atoms with Crippen LogP contribution in [0.4, 0.5) is 0 Å². The van der Waals surface area contributed by atoms with Crippen molar-refractivity contribution in [3.63, 3.8) is 0 Å². The second kappa shape index (κ2) is 62.1. The molecule has 0 saturated carbocycles. The van der Waals surface area contributed by atoms with Gasteiger partial charge in [-0.25, -0.2) is 0 Å². The number of hydrogen-bond acceptors (Lipinski definition) is 6. The first kappa shape index (κ1) is 70.6. The number of rotatable bonds is 57. The Labute approximate surface area is 458 Å². The smallest absolute Gasteiger partial charge is 0.306 e. The highest BCUT2D eigenvalue weighted by atomic mass is 16.6. The molecule has 0 saturated heterocycles. The number of carbonyl (C=O) groups excluding carboxylic acids is 3. The number of carbonyl (C=O) groups is 3. The van der Waals surface area contributed by atoms with Crippen LogP contribution < -0.4 is 0 Å². The third-order valence-electron chi connectivity index (χ3n) is 13.6. The van der Waals surface area contributed by atoms with Gasteiger partial charge in [0.15, 0.2) is 6.10 Å². The molecule has 0 radical (unpaired) electrons. The molecule has 0 spiro atoms. The standard InChI is InChI=1S/C68H118O6/c1-4-7-10-13-16-19-22-25-28-31-34-37-40-43-46-49-52-55-58-61-67(70)73-64-65(63-72-66(69)60-57-54-51-48-45-42-39-36-33-30-27-24-21-18-15-12-9-6-3)74-68(71)62-59-56-53-50-47-44-41-38-35-32-29-26-23-20-17-14-11-8-5-2/h7-8,10-11,16-17,19-20,25-26,28-29,34,37,65H,4-6,9,12-15,18,21-24,27,30-33,35-36,38-64H2,1-3H3/b10-7-,11-8-,19-16-,20-17-,28-25-,29-26-,37-34-. The largest absolute Gasteiger partial charge is 0.462 e. The Balaban J connectivity index is 4.40. The molecule has 0 aromatic heterocycles. The fourth-order valence-corrected chi connectivity index (χ4v) is 8.98. The van der Waals surface area contributed by atoms with Crippen molar-refractivity contribution in [3.8, 4) is 0 Å². The lowest BCUT2D eigenvalue weighted by Crippen LogP contribution is -2.30. The third kappa shape index (κ3) is 59.5. The Morgan fingerprint density at radius 2 is 0.527 bits per heavy atom. The molecule has 1 atom stereocenters. The van der Waals surface area contributed by atoms with Gasteiger partial charge in [0.25, 0.3) is 0 Å². The highest BCUT2D eigenvalue weighted by molar-refractivity contribution is 5.71. The van der Waals surface area contributed by atoms with E-state index in [4.69, 9.17) is 14.2 Å². The minimum Gasteiger partial charge on any atom is -0.462 e. The van der Waals surface area contributed by atoms with Crippen molar-refractivity contribution in [2.45, 2.75) is 316 Å². The van der Waals surface area contributed by atoms with Gasteiger partial charge in [-0.3, -0.25) is 14.4 Å². The van der Waals surface area contributed by atoms with Gasteiger partial charge >= 0.3 is 17.9 Å². The van der Waals surface area contributed by atoms with E-state index in [1.54, 1.807) is 0 Å². The fraction of sp³-hybridized carbons (Fsp3) is 0.750.